The van der Waals surface area contributed by atoms with Gasteiger partial charge in [0.25, 0.3) is 0 Å². The van der Waals surface area contributed by atoms with Gasteiger partial charge in [0, 0.05) is 17.8 Å². The van der Waals surface area contributed by atoms with E-state index in [1.807, 2.05) is 0 Å². The molecule has 0 spiro atoms. The number of hydrogen-bond donors (Lipinski definition) is 3. The van der Waals surface area contributed by atoms with Crippen molar-refractivity contribution >= 4 is 35.4 Å². The van der Waals surface area contributed by atoms with Gasteiger partial charge in [0.1, 0.15) is 0 Å². The summed E-state index contributed by atoms with van der Waals surface area (Å²) in [5.41, 5.74) is 10.8. The molecule has 0 unspecified atom stereocenters. The van der Waals surface area contributed by atoms with Crippen LogP contribution >= 0.6 is 11.6 Å². The van der Waals surface area contributed by atoms with Crippen molar-refractivity contribution in [3.8, 4) is 0 Å². The number of hydrogen-bond acceptors (Lipinski definition) is 3. The van der Waals surface area contributed by atoms with E-state index in [4.69, 9.17) is 28.2 Å². The van der Waals surface area contributed by atoms with Crippen molar-refractivity contribution in [2.24, 2.45) is 16.5 Å². The molecule has 0 aliphatic rings. The van der Waals surface area contributed by atoms with E-state index in [0.717, 1.165) is 6.08 Å². The van der Waals surface area contributed by atoms with Gasteiger partial charge in [0.05, 0.1) is 5.02 Å². The van der Waals surface area contributed by atoms with Crippen LogP contribution in [-0.4, -0.2) is 22.0 Å². The Morgan fingerprint density at radius 3 is 2.81 bits per heavy atom. The fourth-order valence-electron chi connectivity index (χ4n) is 0.947. The van der Waals surface area contributed by atoms with E-state index < -0.39 is 5.97 Å². The number of pyridine rings is 1. The maximum absolute atomic E-state index is 10.4. The Bertz CT molecular complexity index is 467. The summed E-state index contributed by atoms with van der Waals surface area (Å²) >= 11 is 5.71. The Kier molecular flexibility index (Phi) is 3.84. The molecule has 0 aromatic carbocycles. The summed E-state index contributed by atoms with van der Waals surface area (Å²) < 4.78 is 0. The molecule has 0 radical (unpaired) electrons. The SMILES string of the molecule is NC(N)=Nc1ncc(Cl)cc1/C=C/C(=O)O. The lowest BCUT2D eigenvalue weighted by Gasteiger charge is -2.00. The highest BCUT2D eigenvalue weighted by atomic mass is 35.5. The third kappa shape index (κ3) is 3.58. The van der Waals surface area contributed by atoms with Crippen LogP contribution in [0.15, 0.2) is 23.3 Å². The van der Waals surface area contributed by atoms with Crippen molar-refractivity contribution in [1.29, 1.82) is 0 Å². The third-order valence-corrected chi connectivity index (χ3v) is 1.71. The molecule has 16 heavy (non-hydrogen) atoms. The number of carbonyl (C=O) groups is 1. The van der Waals surface area contributed by atoms with Gasteiger partial charge in [0.2, 0.25) is 0 Å². The molecular formula is C9H9ClN4O2. The highest BCUT2D eigenvalue weighted by molar-refractivity contribution is 6.30. The van der Waals surface area contributed by atoms with Gasteiger partial charge in [-0.05, 0) is 12.1 Å². The first kappa shape index (κ1) is 12.0. The quantitative estimate of drug-likeness (QED) is 0.409. The average Bonchev–Trinajstić information content (AvgIpc) is 2.17. The lowest BCUT2D eigenvalue weighted by Crippen LogP contribution is -2.22. The van der Waals surface area contributed by atoms with Gasteiger partial charge in [0.15, 0.2) is 11.8 Å². The van der Waals surface area contributed by atoms with Gasteiger partial charge in [-0.15, -0.1) is 0 Å². The zero-order valence-corrected chi connectivity index (χ0v) is 8.85. The molecule has 0 amide bonds. The second-order valence-corrected chi connectivity index (χ2v) is 3.21. The number of nitrogens with zero attached hydrogens (tertiary/aromatic N) is 2. The first-order valence-corrected chi connectivity index (χ1v) is 4.53. The molecule has 7 heteroatoms. The van der Waals surface area contributed by atoms with E-state index in [1.54, 1.807) is 0 Å². The molecule has 0 saturated carbocycles. The number of aromatic nitrogens is 1. The number of aliphatic imine (C=N–C) groups is 1. The van der Waals surface area contributed by atoms with Crippen LogP contribution in [0.5, 0.6) is 0 Å². The third-order valence-electron chi connectivity index (χ3n) is 1.50. The monoisotopic (exact) mass is 240 g/mol. The van der Waals surface area contributed by atoms with Crippen LogP contribution in [0.3, 0.4) is 0 Å². The Morgan fingerprint density at radius 1 is 1.56 bits per heavy atom. The summed E-state index contributed by atoms with van der Waals surface area (Å²) in [5.74, 6) is -1.04. The minimum Gasteiger partial charge on any atom is -0.478 e. The first-order valence-electron chi connectivity index (χ1n) is 4.15. The van der Waals surface area contributed by atoms with Gasteiger partial charge in [-0.2, -0.15) is 4.99 Å². The smallest absolute Gasteiger partial charge is 0.328 e. The number of carboxylic acids is 1. The van der Waals surface area contributed by atoms with Gasteiger partial charge in [-0.1, -0.05) is 11.6 Å². The summed E-state index contributed by atoms with van der Waals surface area (Å²) in [7, 11) is 0. The molecular weight excluding hydrogens is 232 g/mol. The van der Waals surface area contributed by atoms with E-state index in [-0.39, 0.29) is 11.8 Å². The van der Waals surface area contributed by atoms with E-state index in [9.17, 15) is 4.79 Å². The molecule has 6 nitrogen and oxygen atoms in total. The second-order valence-electron chi connectivity index (χ2n) is 2.77. The van der Waals surface area contributed by atoms with Crippen LogP contribution < -0.4 is 11.5 Å². The van der Waals surface area contributed by atoms with Crippen molar-refractivity contribution in [1.82, 2.24) is 4.98 Å². The van der Waals surface area contributed by atoms with Crippen molar-refractivity contribution in [3.63, 3.8) is 0 Å². The molecule has 0 atom stereocenters. The average molecular weight is 241 g/mol. The van der Waals surface area contributed by atoms with Crippen LogP contribution in [0.2, 0.25) is 5.02 Å². The fraction of sp³-hybridized carbons (Fsp3) is 0. The Labute approximate surface area is 96.3 Å². The topological polar surface area (TPSA) is 115 Å². The van der Waals surface area contributed by atoms with Crippen molar-refractivity contribution in [3.05, 3.63) is 28.9 Å². The summed E-state index contributed by atoms with van der Waals surface area (Å²) in [6.07, 6.45) is 3.61. The maximum Gasteiger partial charge on any atom is 0.328 e. The lowest BCUT2D eigenvalue weighted by atomic mass is 10.2. The number of carboxylic acid groups (broad SMARTS) is 1. The van der Waals surface area contributed by atoms with E-state index in [1.165, 1.54) is 18.3 Å². The molecule has 0 aliphatic carbocycles. The molecule has 1 rings (SSSR count). The first-order chi connectivity index (χ1) is 7.49. The van der Waals surface area contributed by atoms with Crippen molar-refractivity contribution < 1.29 is 9.90 Å². The van der Waals surface area contributed by atoms with Crippen LogP contribution in [0.25, 0.3) is 6.08 Å². The number of aliphatic carboxylic acids is 1. The molecule has 84 valence electrons. The molecule has 0 fully saturated rings. The van der Waals surface area contributed by atoms with Crippen molar-refractivity contribution in [2.75, 3.05) is 0 Å². The number of guanidine groups is 1. The summed E-state index contributed by atoms with van der Waals surface area (Å²) in [5, 5.41) is 8.85. The number of nitrogens with two attached hydrogens (primary N) is 2. The normalized spacial score (nSPS) is 10.3. The zero-order valence-electron chi connectivity index (χ0n) is 8.09. The standard InChI is InChI=1S/C9H9ClN4O2/c10-6-3-5(1-2-7(15)16)8(13-4-6)14-9(11)12/h1-4H,(H,15,16)(H4,11,12,13,14)/b2-1+. The summed E-state index contributed by atoms with van der Waals surface area (Å²) in [6.45, 7) is 0. The van der Waals surface area contributed by atoms with Crippen LogP contribution in [-0.2, 0) is 4.79 Å². The Hall–Kier alpha value is -2.08. The fourth-order valence-corrected chi connectivity index (χ4v) is 1.11. The van der Waals surface area contributed by atoms with Crippen LogP contribution in [0, 0.1) is 0 Å². The largest absolute Gasteiger partial charge is 0.478 e. The predicted molar refractivity (Wildman–Crippen MR) is 61.4 cm³/mol. The molecule has 1 aromatic rings. The molecule has 0 aliphatic heterocycles. The van der Waals surface area contributed by atoms with E-state index >= 15 is 0 Å². The lowest BCUT2D eigenvalue weighted by molar-refractivity contribution is -0.131. The van der Waals surface area contributed by atoms with E-state index in [0.29, 0.717) is 10.6 Å². The van der Waals surface area contributed by atoms with Gasteiger partial charge >= 0.3 is 5.97 Å². The van der Waals surface area contributed by atoms with Gasteiger partial charge in [-0.25, -0.2) is 9.78 Å². The Morgan fingerprint density at radius 2 is 2.25 bits per heavy atom. The Balaban J connectivity index is 3.18. The minimum absolute atomic E-state index is 0.167. The van der Waals surface area contributed by atoms with E-state index in [2.05, 4.69) is 9.98 Å². The van der Waals surface area contributed by atoms with Crippen molar-refractivity contribution in [2.45, 2.75) is 0 Å². The minimum atomic E-state index is -1.09. The number of halogens is 1. The van der Waals surface area contributed by atoms with Gasteiger partial charge < -0.3 is 16.6 Å². The summed E-state index contributed by atoms with van der Waals surface area (Å²) in [4.78, 5) is 18.0. The zero-order chi connectivity index (χ0) is 12.1. The highest BCUT2D eigenvalue weighted by Crippen LogP contribution is 2.21. The molecule has 1 heterocycles. The van der Waals surface area contributed by atoms with Gasteiger partial charge in [-0.3, -0.25) is 0 Å². The van der Waals surface area contributed by atoms with Crippen LogP contribution in [0.4, 0.5) is 5.82 Å². The highest BCUT2D eigenvalue weighted by Gasteiger charge is 2.02. The molecule has 1 aromatic heterocycles. The predicted octanol–water partition coefficient (Wildman–Crippen LogP) is 0.738. The second kappa shape index (κ2) is 5.13. The maximum atomic E-state index is 10.4. The molecule has 0 saturated heterocycles. The molecule has 0 bridgehead atoms. The molecule has 5 N–H and O–H groups in total. The van der Waals surface area contributed by atoms with Crippen LogP contribution in [0.1, 0.15) is 5.56 Å². The summed E-state index contributed by atoms with van der Waals surface area (Å²) in [6, 6.07) is 1.51. The number of rotatable bonds is 3.